The number of alkyl carbamates (subject to hydrolysis) is 1. The normalized spacial score (nSPS) is 10.8. The molecule has 0 aliphatic rings. The summed E-state index contributed by atoms with van der Waals surface area (Å²) in [5, 5.41) is 5.22. The maximum atomic E-state index is 11.8. The van der Waals surface area contributed by atoms with Crippen LogP contribution in [-0.2, 0) is 25.5 Å². The molecule has 0 radical (unpaired) electrons. The summed E-state index contributed by atoms with van der Waals surface area (Å²) in [7, 11) is 0. The minimum atomic E-state index is -0.562. The fourth-order valence-electron chi connectivity index (χ4n) is 1.98. The highest BCUT2D eigenvalue weighted by Gasteiger charge is 2.15. The molecule has 144 valence electrons. The molecule has 0 atom stereocenters. The van der Waals surface area contributed by atoms with Gasteiger partial charge in [-0.15, -0.1) is 0 Å². The van der Waals surface area contributed by atoms with Crippen LogP contribution in [0.4, 0.5) is 10.5 Å². The topological polar surface area (TPSA) is 93.7 Å². The SMILES string of the molecule is CCc1ccc(NC(=O)COC(=O)CCCNC(=O)OC(C)(C)C)cc1. The third-order valence-electron chi connectivity index (χ3n) is 3.24. The third-order valence-corrected chi connectivity index (χ3v) is 3.24. The molecule has 26 heavy (non-hydrogen) atoms. The lowest BCUT2D eigenvalue weighted by Crippen LogP contribution is -2.33. The van der Waals surface area contributed by atoms with E-state index in [2.05, 4.69) is 17.6 Å². The van der Waals surface area contributed by atoms with E-state index in [9.17, 15) is 14.4 Å². The first-order valence-electron chi connectivity index (χ1n) is 8.71. The lowest BCUT2D eigenvalue weighted by Gasteiger charge is -2.19. The Balaban J connectivity index is 2.17. The van der Waals surface area contributed by atoms with Gasteiger partial charge in [0, 0.05) is 18.7 Å². The van der Waals surface area contributed by atoms with Crippen molar-refractivity contribution in [1.29, 1.82) is 0 Å². The molecule has 0 bridgehead atoms. The van der Waals surface area contributed by atoms with Crippen LogP contribution >= 0.6 is 0 Å². The van der Waals surface area contributed by atoms with Gasteiger partial charge < -0.3 is 20.1 Å². The van der Waals surface area contributed by atoms with Crippen molar-refractivity contribution in [2.24, 2.45) is 0 Å². The van der Waals surface area contributed by atoms with Crippen molar-refractivity contribution >= 4 is 23.7 Å². The molecule has 1 aromatic rings. The second kappa shape index (κ2) is 10.4. The Labute approximate surface area is 154 Å². The molecule has 2 amide bonds. The molecule has 0 heterocycles. The molecule has 0 saturated carbocycles. The average molecular weight is 364 g/mol. The average Bonchev–Trinajstić information content (AvgIpc) is 2.56. The van der Waals surface area contributed by atoms with Crippen LogP contribution in [0.1, 0.15) is 46.1 Å². The standard InChI is InChI=1S/C19H28N2O5/c1-5-14-8-10-15(11-9-14)21-16(22)13-25-17(23)7-6-12-20-18(24)26-19(2,3)4/h8-11H,5-7,12-13H2,1-4H3,(H,20,24)(H,21,22). The van der Waals surface area contributed by atoms with Gasteiger partial charge >= 0.3 is 12.1 Å². The van der Waals surface area contributed by atoms with Gasteiger partial charge in [-0.25, -0.2) is 4.79 Å². The summed E-state index contributed by atoms with van der Waals surface area (Å²) in [4.78, 5) is 34.8. The van der Waals surface area contributed by atoms with Crippen molar-refractivity contribution in [3.8, 4) is 0 Å². The molecule has 0 aliphatic carbocycles. The van der Waals surface area contributed by atoms with Crippen LogP contribution in [0, 0.1) is 0 Å². The van der Waals surface area contributed by atoms with E-state index in [0.717, 1.165) is 6.42 Å². The summed E-state index contributed by atoms with van der Waals surface area (Å²) in [6, 6.07) is 7.47. The summed E-state index contributed by atoms with van der Waals surface area (Å²) < 4.78 is 9.99. The highest BCUT2D eigenvalue weighted by molar-refractivity contribution is 5.92. The molecule has 0 saturated heterocycles. The number of hydrogen-bond acceptors (Lipinski definition) is 5. The van der Waals surface area contributed by atoms with Crippen molar-refractivity contribution in [2.75, 3.05) is 18.5 Å². The minimum Gasteiger partial charge on any atom is -0.456 e. The number of nitrogens with one attached hydrogen (secondary N) is 2. The minimum absolute atomic E-state index is 0.105. The van der Waals surface area contributed by atoms with Crippen LogP contribution in [0.5, 0.6) is 0 Å². The Hall–Kier alpha value is -2.57. The van der Waals surface area contributed by atoms with Crippen LogP contribution in [-0.4, -0.2) is 36.7 Å². The Morgan fingerprint density at radius 1 is 1.08 bits per heavy atom. The molecular formula is C19H28N2O5. The lowest BCUT2D eigenvalue weighted by molar-refractivity contribution is -0.147. The van der Waals surface area contributed by atoms with Crippen LogP contribution < -0.4 is 10.6 Å². The van der Waals surface area contributed by atoms with Crippen molar-refractivity contribution < 1.29 is 23.9 Å². The molecule has 7 nitrogen and oxygen atoms in total. The van der Waals surface area contributed by atoms with Gasteiger partial charge in [0.25, 0.3) is 5.91 Å². The Morgan fingerprint density at radius 3 is 2.31 bits per heavy atom. The Morgan fingerprint density at radius 2 is 1.73 bits per heavy atom. The van der Waals surface area contributed by atoms with E-state index in [4.69, 9.17) is 9.47 Å². The van der Waals surface area contributed by atoms with E-state index in [-0.39, 0.29) is 13.0 Å². The number of hydrogen-bond donors (Lipinski definition) is 2. The molecule has 0 aromatic heterocycles. The first kappa shape index (κ1) is 21.5. The number of carbonyl (C=O) groups is 3. The van der Waals surface area contributed by atoms with E-state index in [1.165, 1.54) is 5.56 Å². The molecule has 1 aromatic carbocycles. The predicted molar refractivity (Wildman–Crippen MR) is 98.9 cm³/mol. The zero-order valence-electron chi connectivity index (χ0n) is 15.9. The molecule has 0 fully saturated rings. The zero-order valence-corrected chi connectivity index (χ0v) is 15.9. The van der Waals surface area contributed by atoms with E-state index >= 15 is 0 Å². The first-order valence-corrected chi connectivity index (χ1v) is 8.71. The maximum absolute atomic E-state index is 11.8. The van der Waals surface area contributed by atoms with Gasteiger partial charge in [0.15, 0.2) is 6.61 Å². The predicted octanol–water partition coefficient (Wildman–Crippen LogP) is 3.04. The van der Waals surface area contributed by atoms with Gasteiger partial charge in [-0.1, -0.05) is 19.1 Å². The fraction of sp³-hybridized carbons (Fsp3) is 0.526. The molecule has 0 spiro atoms. The Kier molecular flexibility index (Phi) is 8.61. The molecular weight excluding hydrogens is 336 g/mol. The van der Waals surface area contributed by atoms with Gasteiger partial charge in [0.05, 0.1) is 0 Å². The van der Waals surface area contributed by atoms with Crippen LogP contribution in [0.2, 0.25) is 0 Å². The second-order valence-electron chi connectivity index (χ2n) is 6.79. The number of esters is 1. The van der Waals surface area contributed by atoms with Crippen molar-refractivity contribution in [1.82, 2.24) is 5.32 Å². The van der Waals surface area contributed by atoms with E-state index in [1.807, 2.05) is 12.1 Å². The molecule has 7 heteroatoms. The smallest absolute Gasteiger partial charge is 0.407 e. The number of amides is 2. The van der Waals surface area contributed by atoms with Crippen molar-refractivity contribution in [3.63, 3.8) is 0 Å². The van der Waals surface area contributed by atoms with Gasteiger partial charge in [-0.2, -0.15) is 0 Å². The van der Waals surface area contributed by atoms with Gasteiger partial charge in [0.1, 0.15) is 5.60 Å². The van der Waals surface area contributed by atoms with Gasteiger partial charge in [0.2, 0.25) is 0 Å². The van der Waals surface area contributed by atoms with Crippen LogP contribution in [0.25, 0.3) is 0 Å². The zero-order chi connectivity index (χ0) is 19.6. The van der Waals surface area contributed by atoms with Crippen molar-refractivity contribution in [2.45, 2.75) is 52.6 Å². The number of rotatable bonds is 8. The second-order valence-corrected chi connectivity index (χ2v) is 6.79. The number of aryl methyl sites for hydroxylation is 1. The largest absolute Gasteiger partial charge is 0.456 e. The fourth-order valence-corrected chi connectivity index (χ4v) is 1.98. The van der Waals surface area contributed by atoms with E-state index in [0.29, 0.717) is 18.7 Å². The molecule has 2 N–H and O–H groups in total. The summed E-state index contributed by atoms with van der Waals surface area (Å²) in [6.45, 7) is 7.32. The quantitative estimate of drug-likeness (QED) is 0.546. The summed E-state index contributed by atoms with van der Waals surface area (Å²) >= 11 is 0. The molecule has 1 rings (SSSR count). The number of benzene rings is 1. The highest BCUT2D eigenvalue weighted by atomic mass is 16.6. The number of ether oxygens (including phenoxy) is 2. The molecule has 0 aliphatic heterocycles. The van der Waals surface area contributed by atoms with E-state index in [1.54, 1.807) is 32.9 Å². The van der Waals surface area contributed by atoms with Crippen LogP contribution in [0.15, 0.2) is 24.3 Å². The lowest BCUT2D eigenvalue weighted by atomic mass is 10.1. The number of carbonyl (C=O) groups excluding carboxylic acids is 3. The van der Waals surface area contributed by atoms with Crippen molar-refractivity contribution in [3.05, 3.63) is 29.8 Å². The van der Waals surface area contributed by atoms with Gasteiger partial charge in [-0.05, 0) is 51.3 Å². The first-order chi connectivity index (χ1) is 12.2. The third kappa shape index (κ3) is 9.66. The van der Waals surface area contributed by atoms with Gasteiger partial charge in [-0.3, -0.25) is 9.59 Å². The Bertz CT molecular complexity index is 605. The summed E-state index contributed by atoms with van der Waals surface area (Å²) in [5.74, 6) is -0.887. The highest BCUT2D eigenvalue weighted by Crippen LogP contribution is 2.10. The molecule has 0 unspecified atom stereocenters. The summed E-state index contributed by atoms with van der Waals surface area (Å²) in [5.41, 5.74) is 1.27. The maximum Gasteiger partial charge on any atom is 0.407 e. The van der Waals surface area contributed by atoms with Crippen LogP contribution in [0.3, 0.4) is 0 Å². The van der Waals surface area contributed by atoms with E-state index < -0.39 is 23.6 Å². The summed E-state index contributed by atoms with van der Waals surface area (Å²) in [6.07, 6.45) is 0.903. The number of anilines is 1. The monoisotopic (exact) mass is 364 g/mol.